The summed E-state index contributed by atoms with van der Waals surface area (Å²) < 4.78 is -2.07. The average molecular weight is 544 g/mol. The van der Waals surface area contributed by atoms with Crippen molar-refractivity contribution in [2.24, 2.45) is 0 Å². The summed E-state index contributed by atoms with van der Waals surface area (Å²) >= 11 is 5.45. The van der Waals surface area contributed by atoms with Crippen molar-refractivity contribution in [3.05, 3.63) is 91.0 Å². The Hall–Kier alpha value is -0.450. The molecule has 0 fully saturated rings. The molecule has 0 aliphatic carbocycles. The first-order chi connectivity index (χ1) is 11.1. The molecule has 0 aliphatic rings. The molecule has 3 aromatic carbocycles. The molecule has 0 aliphatic heterocycles. The summed E-state index contributed by atoms with van der Waals surface area (Å²) in [5, 5.41) is 4.33. The van der Waals surface area contributed by atoms with E-state index >= 15 is 0 Å². The summed E-state index contributed by atoms with van der Waals surface area (Å²) in [4.78, 5) is 0. The molecule has 0 saturated heterocycles. The van der Waals surface area contributed by atoms with Crippen LogP contribution in [0.4, 0.5) is 0 Å². The molecule has 3 rings (SSSR count). The van der Waals surface area contributed by atoms with E-state index in [9.17, 15) is 0 Å². The predicted molar refractivity (Wildman–Crippen MR) is 123 cm³/mol. The first-order valence-electron chi connectivity index (χ1n) is 7.63. The molecule has 3 aromatic rings. The van der Waals surface area contributed by atoms with Gasteiger partial charge in [0.2, 0.25) is 0 Å². The van der Waals surface area contributed by atoms with Gasteiger partial charge >= 0.3 is 166 Å². The molecule has 118 valence electrons. The molecule has 0 heterocycles. The summed E-state index contributed by atoms with van der Waals surface area (Å²) in [5.74, 6) is 0. The number of benzene rings is 3. The van der Waals surface area contributed by atoms with Crippen LogP contribution in [-0.2, 0) is 0 Å². The normalized spacial score (nSPS) is 14.7. The van der Waals surface area contributed by atoms with Gasteiger partial charge < -0.3 is 0 Å². The van der Waals surface area contributed by atoms with Crippen LogP contribution < -0.4 is 15.9 Å². The maximum atomic E-state index is 2.82. The fourth-order valence-electron chi connectivity index (χ4n) is 3.22. The van der Waals surface area contributed by atoms with E-state index < -0.39 is 4.25 Å². The molecule has 0 N–H and O–H groups in total. The average Bonchev–Trinajstić information content (AvgIpc) is 2.63. The summed E-state index contributed by atoms with van der Waals surface area (Å²) in [6, 6.07) is 33.2. The van der Waals surface area contributed by atoms with Crippen molar-refractivity contribution in [2.75, 3.05) is 0 Å². The molecule has 3 heteroatoms. The van der Waals surface area contributed by atoms with E-state index in [1.807, 2.05) is 0 Å². The fourth-order valence-corrected chi connectivity index (χ4v) is 13.4. The molecule has 0 amide bonds. The van der Waals surface area contributed by atoms with E-state index in [0.29, 0.717) is 3.67 Å². The van der Waals surface area contributed by atoms with E-state index in [1.165, 1.54) is 15.9 Å². The van der Waals surface area contributed by atoms with Gasteiger partial charge in [-0.3, -0.25) is 0 Å². The van der Waals surface area contributed by atoms with Crippen LogP contribution in [0.25, 0.3) is 0 Å². The van der Waals surface area contributed by atoms with Crippen LogP contribution in [0.1, 0.15) is 6.92 Å². The van der Waals surface area contributed by atoms with Crippen LogP contribution in [0.2, 0.25) is 0 Å². The van der Waals surface area contributed by atoms with Crippen LogP contribution in [0.3, 0.4) is 0 Å². The first-order valence-corrected chi connectivity index (χ1v) is 14.0. The van der Waals surface area contributed by atoms with Crippen molar-refractivity contribution in [3.63, 3.8) is 0 Å². The van der Waals surface area contributed by atoms with Gasteiger partial charge in [0.25, 0.3) is 0 Å². The van der Waals surface area contributed by atoms with Crippen molar-refractivity contribution >= 4 is 64.8 Å². The van der Waals surface area contributed by atoms with Gasteiger partial charge in [-0.2, -0.15) is 0 Å². The van der Waals surface area contributed by atoms with E-state index in [0.717, 1.165) is 0 Å². The van der Waals surface area contributed by atoms with Crippen molar-refractivity contribution < 1.29 is 0 Å². The van der Waals surface area contributed by atoms with Crippen molar-refractivity contribution in [2.45, 2.75) is 10.6 Å². The zero-order chi connectivity index (χ0) is 16.4. The molecular weight excluding hydrogens is 525 g/mol. The number of rotatable bonds is 4. The van der Waals surface area contributed by atoms with Crippen LogP contribution in [0, 0.1) is 0 Å². The molecule has 0 saturated carbocycles. The minimum absolute atomic E-state index is 0.478. The first kappa shape index (κ1) is 17.4. The Bertz CT molecular complexity index is 671. The Kier molecular flexibility index (Phi) is 5.15. The molecular formula is C20H19I2P. The number of alkyl halides is 1. The standard InChI is InChI=1S/C20H19I2P/c1-17(21)23(22,18-11-5-2-6-12-18,19-13-7-3-8-14-19)20-15-9-4-10-16-20/h2-17H,1H3. The second-order valence-electron chi connectivity index (χ2n) is 5.65. The SMILES string of the molecule is CC(I)P(I)(c1ccccc1)(c1ccccc1)c1ccccc1. The van der Waals surface area contributed by atoms with Crippen LogP contribution in [0.15, 0.2) is 91.0 Å². The molecule has 23 heavy (non-hydrogen) atoms. The number of hydrogen-bond donors (Lipinski definition) is 0. The molecule has 0 nitrogen and oxygen atoms in total. The molecule has 0 radical (unpaired) electrons. The summed E-state index contributed by atoms with van der Waals surface area (Å²) in [6.45, 7) is 2.36. The summed E-state index contributed by atoms with van der Waals surface area (Å²) in [5.41, 5.74) is 0. The van der Waals surface area contributed by atoms with E-state index in [-0.39, 0.29) is 0 Å². The molecule has 1 unspecified atom stereocenters. The Labute approximate surface area is 165 Å². The van der Waals surface area contributed by atoms with Crippen molar-refractivity contribution in [3.8, 4) is 0 Å². The maximum absolute atomic E-state index is 2.82. The van der Waals surface area contributed by atoms with Crippen LogP contribution in [0.5, 0.6) is 0 Å². The second-order valence-corrected chi connectivity index (χ2v) is 19.0. The van der Waals surface area contributed by atoms with Crippen LogP contribution in [-0.4, -0.2) is 3.67 Å². The van der Waals surface area contributed by atoms with Gasteiger partial charge in [0.1, 0.15) is 0 Å². The van der Waals surface area contributed by atoms with E-state index in [1.54, 1.807) is 0 Å². The van der Waals surface area contributed by atoms with Gasteiger partial charge in [0.15, 0.2) is 0 Å². The zero-order valence-corrected chi connectivity index (χ0v) is 18.2. The zero-order valence-electron chi connectivity index (χ0n) is 12.9. The topological polar surface area (TPSA) is 0 Å². The van der Waals surface area contributed by atoms with Gasteiger partial charge in [0.05, 0.1) is 0 Å². The third kappa shape index (κ3) is 2.67. The van der Waals surface area contributed by atoms with Crippen molar-refractivity contribution in [1.82, 2.24) is 0 Å². The number of hydrogen-bond acceptors (Lipinski definition) is 0. The fraction of sp³-hybridized carbons (Fsp3) is 0.100. The van der Waals surface area contributed by atoms with Gasteiger partial charge in [-0.1, -0.05) is 0 Å². The van der Waals surface area contributed by atoms with Gasteiger partial charge in [-0.05, 0) is 0 Å². The Morgan fingerprint density at radius 3 is 1.09 bits per heavy atom. The van der Waals surface area contributed by atoms with Crippen LogP contribution >= 0.6 is 48.9 Å². The molecule has 0 spiro atoms. The summed E-state index contributed by atoms with van der Waals surface area (Å²) in [7, 11) is 0. The quantitative estimate of drug-likeness (QED) is 0.227. The third-order valence-corrected chi connectivity index (χ3v) is 23.8. The molecule has 1 atom stereocenters. The van der Waals surface area contributed by atoms with E-state index in [4.69, 9.17) is 0 Å². The van der Waals surface area contributed by atoms with Gasteiger partial charge in [0, 0.05) is 0 Å². The minimum atomic E-state index is -2.55. The van der Waals surface area contributed by atoms with E-state index in [2.05, 4.69) is 143 Å². The predicted octanol–water partition coefficient (Wildman–Crippen LogP) is 5.65. The Balaban J connectivity index is 2.47. The molecule has 0 bridgehead atoms. The monoisotopic (exact) mass is 544 g/mol. The third-order valence-electron chi connectivity index (χ3n) is 4.45. The Morgan fingerprint density at radius 2 is 0.870 bits per heavy atom. The summed E-state index contributed by atoms with van der Waals surface area (Å²) in [6.07, 6.45) is 0. The Morgan fingerprint density at radius 1 is 0.609 bits per heavy atom. The van der Waals surface area contributed by atoms with Crippen molar-refractivity contribution in [1.29, 1.82) is 0 Å². The van der Waals surface area contributed by atoms with Gasteiger partial charge in [-0.25, -0.2) is 0 Å². The molecule has 0 aromatic heterocycles. The number of halogens is 2. The second kappa shape index (κ2) is 6.81. The van der Waals surface area contributed by atoms with Gasteiger partial charge in [-0.15, -0.1) is 0 Å².